The number of anilines is 1. The molecule has 3 N–H and O–H groups in total. The molecule has 0 fully saturated rings. The van der Waals surface area contributed by atoms with Gasteiger partial charge in [-0.1, -0.05) is 44.2 Å². The molecule has 162 valence electrons. The monoisotopic (exact) mass is 423 g/mol. The summed E-state index contributed by atoms with van der Waals surface area (Å²) in [6.45, 7) is 4.22. The fourth-order valence-electron chi connectivity index (χ4n) is 3.53. The summed E-state index contributed by atoms with van der Waals surface area (Å²) < 4.78 is 7.15. The number of fused-ring (bicyclic) bond motifs is 1. The smallest absolute Gasteiger partial charge is 0.412 e. The zero-order valence-corrected chi connectivity index (χ0v) is 17.7. The quantitative estimate of drug-likeness (QED) is 0.605. The van der Waals surface area contributed by atoms with Crippen molar-refractivity contribution in [3.8, 4) is 28.0 Å². The molecule has 0 bridgehead atoms. The highest BCUT2D eigenvalue weighted by molar-refractivity contribution is 5.98. The number of primary amides is 1. The van der Waals surface area contributed by atoms with E-state index in [1.807, 2.05) is 48.7 Å². The van der Waals surface area contributed by atoms with Crippen molar-refractivity contribution in [3.63, 3.8) is 0 Å². The lowest BCUT2D eigenvalue weighted by molar-refractivity contribution is -0.119. The van der Waals surface area contributed by atoms with Crippen LogP contribution in [0.3, 0.4) is 0 Å². The van der Waals surface area contributed by atoms with Crippen LogP contribution in [0.4, 0.5) is 10.6 Å². The predicted molar refractivity (Wildman–Crippen MR) is 119 cm³/mol. The molecular weight excluding hydrogens is 398 g/mol. The summed E-state index contributed by atoms with van der Waals surface area (Å²) in [5, 5.41) is 9.75. The summed E-state index contributed by atoms with van der Waals surface area (Å²) in [6, 6.07) is 12.3. The Balaban J connectivity index is 2.39. The molecular formula is C23H25N3O5. The van der Waals surface area contributed by atoms with Gasteiger partial charge < -0.3 is 20.1 Å². The van der Waals surface area contributed by atoms with E-state index in [4.69, 9.17) is 10.5 Å². The molecule has 0 saturated heterocycles. The van der Waals surface area contributed by atoms with Crippen LogP contribution in [0.2, 0.25) is 0 Å². The Morgan fingerprint density at radius 2 is 1.84 bits per heavy atom. The Labute approximate surface area is 179 Å². The highest BCUT2D eigenvalue weighted by atomic mass is 16.5. The number of carboxylic acid groups (broad SMARTS) is 1. The summed E-state index contributed by atoms with van der Waals surface area (Å²) >= 11 is 0. The number of benzene rings is 2. The van der Waals surface area contributed by atoms with Crippen LogP contribution in [0.5, 0.6) is 5.75 Å². The van der Waals surface area contributed by atoms with Crippen LogP contribution in [-0.4, -0.2) is 35.3 Å². The maximum Gasteiger partial charge on any atom is 0.412 e. The van der Waals surface area contributed by atoms with Gasteiger partial charge in [-0.15, -0.1) is 0 Å². The number of ether oxygens (including phenoxy) is 1. The summed E-state index contributed by atoms with van der Waals surface area (Å²) in [7, 11) is 1.48. The van der Waals surface area contributed by atoms with Crippen LogP contribution in [0.25, 0.3) is 22.3 Å². The number of pyridine rings is 1. The molecule has 1 aliphatic heterocycles. The van der Waals surface area contributed by atoms with Gasteiger partial charge in [-0.2, -0.15) is 0 Å². The largest absolute Gasteiger partial charge is 0.480 e. The van der Waals surface area contributed by atoms with E-state index in [1.165, 1.54) is 13.1 Å². The van der Waals surface area contributed by atoms with Crippen LogP contribution < -0.4 is 20.8 Å². The van der Waals surface area contributed by atoms with Crippen molar-refractivity contribution in [2.24, 2.45) is 11.7 Å². The first kappa shape index (κ1) is 21.9. The summed E-state index contributed by atoms with van der Waals surface area (Å²) in [6.07, 6.45) is 0.686. The maximum absolute atomic E-state index is 12.7. The molecule has 0 spiro atoms. The predicted octanol–water partition coefficient (Wildman–Crippen LogP) is 3.25. The van der Waals surface area contributed by atoms with Crippen molar-refractivity contribution in [2.75, 3.05) is 18.6 Å². The molecule has 0 unspecified atom stereocenters. The Kier molecular flexibility index (Phi) is 6.29. The zero-order valence-electron chi connectivity index (χ0n) is 17.7. The van der Waals surface area contributed by atoms with Crippen LogP contribution in [0, 0.1) is 5.92 Å². The summed E-state index contributed by atoms with van der Waals surface area (Å²) in [5.41, 5.74) is 7.39. The third-order valence-corrected chi connectivity index (χ3v) is 4.77. The molecule has 31 heavy (non-hydrogen) atoms. The number of nitrogens with two attached hydrogens (primary N) is 1. The number of carbonyl (C=O) groups is 2. The van der Waals surface area contributed by atoms with Gasteiger partial charge in [-0.25, -0.2) is 4.79 Å². The zero-order chi connectivity index (χ0) is 22.7. The average molecular weight is 423 g/mol. The van der Waals surface area contributed by atoms with E-state index in [-0.39, 0.29) is 11.7 Å². The van der Waals surface area contributed by atoms with Gasteiger partial charge in [0.2, 0.25) is 5.43 Å². The normalized spacial score (nSPS) is 11.0. The molecule has 0 saturated carbocycles. The number of amides is 2. The second-order valence-electron chi connectivity index (χ2n) is 7.72. The van der Waals surface area contributed by atoms with Crippen molar-refractivity contribution in [3.05, 3.63) is 58.9 Å². The van der Waals surface area contributed by atoms with E-state index in [0.717, 1.165) is 10.5 Å². The van der Waals surface area contributed by atoms with Crippen LogP contribution in [0.15, 0.2) is 53.5 Å². The molecule has 0 aromatic heterocycles. The van der Waals surface area contributed by atoms with E-state index in [1.54, 1.807) is 12.3 Å². The van der Waals surface area contributed by atoms with Gasteiger partial charge in [0, 0.05) is 30.9 Å². The van der Waals surface area contributed by atoms with Gasteiger partial charge in [0.05, 0.1) is 0 Å². The van der Waals surface area contributed by atoms with Gasteiger partial charge in [-0.05, 0) is 29.2 Å². The van der Waals surface area contributed by atoms with Crippen molar-refractivity contribution in [1.29, 1.82) is 0 Å². The minimum atomic E-state index is -1.11. The van der Waals surface area contributed by atoms with Crippen molar-refractivity contribution in [2.45, 2.75) is 20.4 Å². The highest BCUT2D eigenvalue weighted by Gasteiger charge is 2.25. The first-order valence-electron chi connectivity index (χ1n) is 9.83. The lowest BCUT2D eigenvalue weighted by atomic mass is 9.93. The SMILES string of the molecule is CC(C)Cn1cc2cc(OCC(N)=O)c(=O)cc-2c(-c2ccccc2)c1N(C)C(=O)O. The lowest BCUT2D eigenvalue weighted by Gasteiger charge is -2.28. The summed E-state index contributed by atoms with van der Waals surface area (Å²) in [4.78, 5) is 36.8. The van der Waals surface area contributed by atoms with Gasteiger partial charge in [0.1, 0.15) is 5.82 Å². The van der Waals surface area contributed by atoms with Gasteiger partial charge in [-0.3, -0.25) is 14.5 Å². The maximum atomic E-state index is 12.7. The first-order chi connectivity index (χ1) is 14.7. The topological polar surface area (TPSA) is 115 Å². The number of aromatic nitrogens is 1. The molecule has 3 rings (SSSR count). The Morgan fingerprint density at radius 1 is 1.16 bits per heavy atom. The minimum absolute atomic E-state index is 0.0146. The molecule has 8 nitrogen and oxygen atoms in total. The van der Waals surface area contributed by atoms with Gasteiger partial charge in [0.25, 0.3) is 5.91 Å². The molecule has 8 heteroatoms. The molecule has 0 radical (unpaired) electrons. The molecule has 1 aromatic rings. The molecule has 0 atom stereocenters. The van der Waals surface area contributed by atoms with E-state index in [0.29, 0.717) is 29.1 Å². The fourth-order valence-corrected chi connectivity index (χ4v) is 3.53. The highest BCUT2D eigenvalue weighted by Crippen LogP contribution is 2.41. The van der Waals surface area contributed by atoms with Crippen molar-refractivity contribution < 1.29 is 19.4 Å². The number of carbonyl (C=O) groups excluding carboxylic acids is 1. The van der Waals surface area contributed by atoms with Gasteiger partial charge >= 0.3 is 6.09 Å². The standard InChI is InChI=1S/C23H25N3O5/c1-14(2)11-26-12-16-9-19(31-13-20(24)28)18(27)10-17(16)21(15-7-5-4-6-8-15)22(26)25(3)23(29)30/h4-10,12,14H,11,13H2,1-3H3,(H2,24,28)(H,29,30). The Bertz CT molecular complexity index is 1140. The molecule has 2 amide bonds. The second kappa shape index (κ2) is 8.91. The van der Waals surface area contributed by atoms with Crippen molar-refractivity contribution >= 4 is 17.8 Å². The van der Waals surface area contributed by atoms with Crippen LogP contribution in [-0.2, 0) is 11.3 Å². The third kappa shape index (κ3) is 4.69. The van der Waals surface area contributed by atoms with E-state index in [9.17, 15) is 19.5 Å². The Morgan fingerprint density at radius 3 is 2.42 bits per heavy atom. The second-order valence-corrected chi connectivity index (χ2v) is 7.72. The summed E-state index contributed by atoms with van der Waals surface area (Å²) in [5.74, 6) is 0.0278. The number of hydrogen-bond acceptors (Lipinski definition) is 4. The fraction of sp³-hybridized carbons (Fsp3) is 0.261. The van der Waals surface area contributed by atoms with Crippen LogP contribution >= 0.6 is 0 Å². The van der Waals surface area contributed by atoms with Gasteiger partial charge in [0.15, 0.2) is 12.4 Å². The Hall–Kier alpha value is -3.81. The molecule has 1 aliphatic carbocycles. The number of nitrogens with zero attached hydrogens (tertiary/aromatic N) is 2. The third-order valence-electron chi connectivity index (χ3n) is 4.77. The number of hydrogen-bond donors (Lipinski definition) is 2. The molecule has 1 aromatic carbocycles. The van der Waals surface area contributed by atoms with E-state index in [2.05, 4.69) is 0 Å². The van der Waals surface area contributed by atoms with Crippen molar-refractivity contribution in [1.82, 2.24) is 4.57 Å². The average Bonchev–Trinajstić information content (AvgIpc) is 2.71. The number of rotatable bonds is 7. The first-order valence-corrected chi connectivity index (χ1v) is 9.83. The molecule has 1 heterocycles. The van der Waals surface area contributed by atoms with E-state index < -0.39 is 24.0 Å². The minimum Gasteiger partial charge on any atom is -0.480 e. The molecule has 2 aliphatic rings. The van der Waals surface area contributed by atoms with Crippen LogP contribution in [0.1, 0.15) is 13.8 Å². The van der Waals surface area contributed by atoms with E-state index >= 15 is 0 Å². The lowest BCUT2D eigenvalue weighted by Crippen LogP contribution is -2.29.